The fourth-order valence-electron chi connectivity index (χ4n) is 2.97. The fraction of sp³-hybridized carbons (Fsp3) is 0.444. The van der Waals surface area contributed by atoms with E-state index in [1.54, 1.807) is 4.90 Å². The number of hydrogen-bond donors (Lipinski definition) is 1. The highest BCUT2D eigenvalue weighted by atomic mass is 16.6. The van der Waals surface area contributed by atoms with Crippen molar-refractivity contribution in [2.75, 3.05) is 6.54 Å². The normalized spacial score (nSPS) is 18.4. The molecular weight excluding hydrogens is 292 g/mol. The number of aromatic nitrogens is 1. The number of nitrogens with one attached hydrogen (secondary N) is 1. The number of carbonyl (C=O) groups is 2. The van der Waals surface area contributed by atoms with Gasteiger partial charge in [0.05, 0.1) is 0 Å². The molecule has 1 aliphatic rings. The molecule has 23 heavy (non-hydrogen) atoms. The molecule has 5 heteroatoms. The molecule has 3 rings (SSSR count). The molecule has 1 N–H and O–H groups in total. The number of nitrogens with zero attached hydrogens (tertiary/aromatic N) is 1. The van der Waals surface area contributed by atoms with Gasteiger partial charge < -0.3 is 14.6 Å². The molecule has 0 saturated carbocycles. The summed E-state index contributed by atoms with van der Waals surface area (Å²) in [4.78, 5) is 29.9. The zero-order chi connectivity index (χ0) is 16.6. The lowest BCUT2D eigenvalue weighted by Crippen LogP contribution is -2.43. The predicted molar refractivity (Wildman–Crippen MR) is 88.2 cm³/mol. The summed E-state index contributed by atoms with van der Waals surface area (Å²) in [6.07, 6.45) is 3.32. The van der Waals surface area contributed by atoms with Crippen molar-refractivity contribution in [1.29, 1.82) is 0 Å². The second kappa shape index (κ2) is 5.72. The van der Waals surface area contributed by atoms with Gasteiger partial charge in [0.25, 0.3) is 5.91 Å². The van der Waals surface area contributed by atoms with Gasteiger partial charge in [0, 0.05) is 23.8 Å². The van der Waals surface area contributed by atoms with Gasteiger partial charge in [-0.3, -0.25) is 4.79 Å². The smallest absolute Gasteiger partial charge is 0.329 e. The van der Waals surface area contributed by atoms with E-state index < -0.39 is 11.6 Å². The fourth-order valence-corrected chi connectivity index (χ4v) is 2.97. The Kier molecular flexibility index (Phi) is 3.88. The second-order valence-electron chi connectivity index (χ2n) is 6.97. The first-order valence-corrected chi connectivity index (χ1v) is 7.96. The van der Waals surface area contributed by atoms with Crippen molar-refractivity contribution < 1.29 is 14.3 Å². The maximum absolute atomic E-state index is 12.8. The zero-order valence-corrected chi connectivity index (χ0v) is 13.8. The third-order valence-corrected chi connectivity index (χ3v) is 3.99. The third-order valence-electron chi connectivity index (χ3n) is 3.99. The van der Waals surface area contributed by atoms with Crippen molar-refractivity contribution in [2.24, 2.45) is 0 Å². The lowest BCUT2D eigenvalue weighted by molar-refractivity contribution is -0.159. The van der Waals surface area contributed by atoms with E-state index >= 15 is 0 Å². The number of likely N-dealkylation sites (tertiary alicyclic amines) is 1. The molecule has 0 aliphatic carbocycles. The molecule has 1 aliphatic heterocycles. The Hall–Kier alpha value is -2.30. The molecule has 1 saturated heterocycles. The van der Waals surface area contributed by atoms with Crippen molar-refractivity contribution in [2.45, 2.75) is 45.3 Å². The molecule has 0 radical (unpaired) electrons. The number of hydrogen-bond acceptors (Lipinski definition) is 3. The second-order valence-corrected chi connectivity index (χ2v) is 6.97. The summed E-state index contributed by atoms with van der Waals surface area (Å²) < 4.78 is 5.46. The van der Waals surface area contributed by atoms with Crippen LogP contribution in [0.15, 0.2) is 30.5 Å². The number of carbonyl (C=O) groups excluding carboxylic acids is 2. The van der Waals surface area contributed by atoms with Crippen molar-refractivity contribution in [3.8, 4) is 0 Å². The maximum Gasteiger partial charge on any atom is 0.329 e. The van der Waals surface area contributed by atoms with Gasteiger partial charge in [0.1, 0.15) is 11.6 Å². The first-order valence-electron chi connectivity index (χ1n) is 7.96. The summed E-state index contributed by atoms with van der Waals surface area (Å²) in [5.74, 6) is -0.431. The largest absolute Gasteiger partial charge is 0.458 e. The Morgan fingerprint density at radius 2 is 2.04 bits per heavy atom. The zero-order valence-electron chi connectivity index (χ0n) is 13.8. The molecule has 5 nitrogen and oxygen atoms in total. The number of amides is 1. The summed E-state index contributed by atoms with van der Waals surface area (Å²) in [5, 5.41) is 1.06. The average molecular weight is 314 g/mol. The number of ether oxygens (including phenoxy) is 1. The van der Waals surface area contributed by atoms with Crippen molar-refractivity contribution >= 4 is 22.8 Å². The predicted octanol–water partition coefficient (Wildman–Crippen LogP) is 3.11. The van der Waals surface area contributed by atoms with Gasteiger partial charge in [-0.15, -0.1) is 0 Å². The van der Waals surface area contributed by atoms with Crippen molar-refractivity contribution in [3.05, 3.63) is 36.0 Å². The van der Waals surface area contributed by atoms with Gasteiger partial charge in [0.2, 0.25) is 0 Å². The number of fused-ring (bicyclic) bond motifs is 1. The van der Waals surface area contributed by atoms with Crippen LogP contribution in [0, 0.1) is 0 Å². The molecule has 2 aromatic rings. The molecule has 0 unspecified atom stereocenters. The quantitative estimate of drug-likeness (QED) is 0.866. The molecule has 1 aromatic heterocycles. The van der Waals surface area contributed by atoms with Crippen molar-refractivity contribution in [3.63, 3.8) is 0 Å². The molecule has 1 atom stereocenters. The number of aromatic amines is 1. The van der Waals surface area contributed by atoms with Crippen LogP contribution < -0.4 is 0 Å². The monoisotopic (exact) mass is 314 g/mol. The van der Waals surface area contributed by atoms with Crippen molar-refractivity contribution in [1.82, 2.24) is 9.88 Å². The molecule has 1 aromatic carbocycles. The third kappa shape index (κ3) is 3.23. The Morgan fingerprint density at radius 1 is 1.26 bits per heavy atom. The number of benzene rings is 1. The first kappa shape index (κ1) is 15.6. The Morgan fingerprint density at radius 3 is 2.78 bits per heavy atom. The lowest BCUT2D eigenvalue weighted by atomic mass is 10.1. The first-order chi connectivity index (χ1) is 10.8. The van der Waals surface area contributed by atoms with E-state index in [0.29, 0.717) is 18.5 Å². The highest BCUT2D eigenvalue weighted by Crippen LogP contribution is 2.24. The molecule has 122 valence electrons. The van der Waals surface area contributed by atoms with E-state index in [-0.39, 0.29) is 11.9 Å². The Balaban J connectivity index is 1.81. The van der Waals surface area contributed by atoms with E-state index in [4.69, 9.17) is 4.74 Å². The minimum Gasteiger partial charge on any atom is -0.458 e. The van der Waals surface area contributed by atoms with Crippen LogP contribution in [0.3, 0.4) is 0 Å². The van der Waals surface area contributed by atoms with Gasteiger partial charge in [-0.1, -0.05) is 6.07 Å². The molecule has 2 heterocycles. The highest BCUT2D eigenvalue weighted by molar-refractivity contribution is 6.00. The summed E-state index contributed by atoms with van der Waals surface area (Å²) >= 11 is 0. The van der Waals surface area contributed by atoms with E-state index in [1.807, 2.05) is 51.2 Å². The molecule has 1 amide bonds. The van der Waals surface area contributed by atoms with Crippen LogP contribution in [0.4, 0.5) is 0 Å². The molecule has 0 bridgehead atoms. The topological polar surface area (TPSA) is 62.4 Å². The van der Waals surface area contributed by atoms with Crippen LogP contribution in [-0.2, 0) is 9.53 Å². The van der Waals surface area contributed by atoms with Gasteiger partial charge in [-0.25, -0.2) is 4.79 Å². The summed E-state index contributed by atoms with van der Waals surface area (Å²) in [7, 11) is 0. The van der Waals surface area contributed by atoms with Gasteiger partial charge in [0.15, 0.2) is 0 Å². The minimum absolute atomic E-state index is 0.116. The van der Waals surface area contributed by atoms with Crippen LogP contribution >= 0.6 is 0 Å². The summed E-state index contributed by atoms with van der Waals surface area (Å²) in [6, 6.07) is 7.03. The molecule has 0 spiro atoms. The summed E-state index contributed by atoms with van der Waals surface area (Å²) in [5.41, 5.74) is 0.969. The van der Waals surface area contributed by atoms with E-state index in [0.717, 1.165) is 17.3 Å². The maximum atomic E-state index is 12.8. The standard InChI is InChI=1S/C18H22N2O3/c1-18(2,3)23-17(22)15-5-4-10-20(15)16(21)13-7-6-12-8-9-19-14(12)11-13/h6-9,11,15,19H,4-5,10H2,1-3H3/t15-/m0/s1. The molecular formula is C18H22N2O3. The van der Waals surface area contributed by atoms with E-state index in [1.165, 1.54) is 0 Å². The van der Waals surface area contributed by atoms with Crippen LogP contribution in [0.1, 0.15) is 44.0 Å². The lowest BCUT2D eigenvalue weighted by Gasteiger charge is -2.27. The molecule has 1 fully saturated rings. The Bertz CT molecular complexity index is 742. The highest BCUT2D eigenvalue weighted by Gasteiger charge is 2.37. The van der Waals surface area contributed by atoms with Crippen LogP contribution in [-0.4, -0.2) is 39.9 Å². The summed E-state index contributed by atoms with van der Waals surface area (Å²) in [6.45, 7) is 6.10. The van der Waals surface area contributed by atoms with Crippen LogP contribution in [0.25, 0.3) is 10.9 Å². The number of rotatable bonds is 2. The average Bonchev–Trinajstić information content (AvgIpc) is 3.12. The van der Waals surface area contributed by atoms with E-state index in [2.05, 4.69) is 4.98 Å². The number of esters is 1. The SMILES string of the molecule is CC(C)(C)OC(=O)[C@@H]1CCCN1C(=O)c1ccc2cc[nH]c2c1. The van der Waals surface area contributed by atoms with Gasteiger partial charge in [-0.05, 0) is 57.2 Å². The van der Waals surface area contributed by atoms with Gasteiger partial charge >= 0.3 is 5.97 Å². The Labute approximate surface area is 135 Å². The van der Waals surface area contributed by atoms with Crippen LogP contribution in [0.2, 0.25) is 0 Å². The minimum atomic E-state index is -0.544. The van der Waals surface area contributed by atoms with Gasteiger partial charge in [-0.2, -0.15) is 0 Å². The van der Waals surface area contributed by atoms with E-state index in [9.17, 15) is 9.59 Å². The van der Waals surface area contributed by atoms with Crippen LogP contribution in [0.5, 0.6) is 0 Å². The number of H-pyrrole nitrogens is 1.